The van der Waals surface area contributed by atoms with Crippen molar-refractivity contribution >= 4 is 12.0 Å². The number of hydrogen-bond acceptors (Lipinski definition) is 3. The molecule has 2 aromatic rings. The maximum Gasteiger partial charge on any atom is 0.322 e. The van der Waals surface area contributed by atoms with Gasteiger partial charge in [0.05, 0.1) is 5.54 Å². The van der Waals surface area contributed by atoms with Gasteiger partial charge in [-0.2, -0.15) is 0 Å². The molecule has 1 aliphatic carbocycles. The normalized spacial score (nSPS) is 15.4. The highest BCUT2D eigenvalue weighted by atomic mass is 19.1. The zero-order valence-corrected chi connectivity index (χ0v) is 10.6. The second-order valence-corrected chi connectivity index (χ2v) is 4.71. The molecule has 2 amide bonds. The topological polar surface area (TPSA) is 66.9 Å². The molecule has 6 heteroatoms. The second kappa shape index (κ2) is 4.88. The first kappa shape index (κ1) is 12.5. The van der Waals surface area contributed by atoms with Crippen molar-refractivity contribution in [1.29, 1.82) is 0 Å². The highest BCUT2D eigenvalue weighted by molar-refractivity contribution is 5.88. The van der Waals surface area contributed by atoms with Gasteiger partial charge in [-0.1, -0.05) is 18.2 Å². The third-order valence-corrected chi connectivity index (χ3v) is 3.28. The fourth-order valence-corrected chi connectivity index (χ4v) is 2.15. The predicted octanol–water partition coefficient (Wildman–Crippen LogP) is 2.43. The maximum absolute atomic E-state index is 13.8. The first-order valence-corrected chi connectivity index (χ1v) is 6.31. The molecule has 1 aromatic heterocycles. The summed E-state index contributed by atoms with van der Waals surface area (Å²) in [6.07, 6.45) is 4.51. The Hall–Kier alpha value is -2.50. The molecule has 1 aromatic carbocycles. The van der Waals surface area contributed by atoms with Gasteiger partial charge in [-0.25, -0.2) is 19.2 Å². The highest BCUT2D eigenvalue weighted by Gasteiger charge is 2.47. The van der Waals surface area contributed by atoms with Crippen LogP contribution in [-0.4, -0.2) is 16.0 Å². The van der Waals surface area contributed by atoms with Crippen LogP contribution in [-0.2, 0) is 5.54 Å². The molecule has 0 radical (unpaired) electrons. The third kappa shape index (κ3) is 2.45. The zero-order chi connectivity index (χ0) is 14.0. The lowest BCUT2D eigenvalue weighted by Gasteiger charge is -2.18. The van der Waals surface area contributed by atoms with Crippen LogP contribution in [0.5, 0.6) is 0 Å². The van der Waals surface area contributed by atoms with E-state index in [9.17, 15) is 9.18 Å². The number of carbonyl (C=O) groups excluding carboxylic acids is 1. The number of aromatic nitrogens is 2. The van der Waals surface area contributed by atoms with Gasteiger partial charge in [-0.3, -0.25) is 5.32 Å². The summed E-state index contributed by atoms with van der Waals surface area (Å²) < 4.78 is 13.8. The average molecular weight is 272 g/mol. The Labute approximate surface area is 115 Å². The molecule has 2 N–H and O–H groups in total. The van der Waals surface area contributed by atoms with E-state index in [0.717, 1.165) is 12.8 Å². The standard InChI is InChI=1S/C14H13FN4O/c15-11-5-2-1-4-10(11)14(6-7-14)19-13(20)18-12-16-8-3-9-17-12/h1-5,8-9H,6-7H2,(H2,16,17,18,19,20). The fraction of sp³-hybridized carbons (Fsp3) is 0.214. The van der Waals surface area contributed by atoms with Gasteiger partial charge in [-0.15, -0.1) is 0 Å². The van der Waals surface area contributed by atoms with Crippen LogP contribution < -0.4 is 10.6 Å². The molecule has 0 spiro atoms. The number of rotatable bonds is 3. The molecule has 0 atom stereocenters. The Kier molecular flexibility index (Phi) is 3.06. The SMILES string of the molecule is O=C(Nc1ncccn1)NC1(c2ccccc2F)CC1. The molecule has 0 saturated heterocycles. The summed E-state index contributed by atoms with van der Waals surface area (Å²) in [5.41, 5.74) is -0.0892. The van der Waals surface area contributed by atoms with Crippen LogP contribution in [0.25, 0.3) is 0 Å². The molecule has 3 rings (SSSR count). The fourth-order valence-electron chi connectivity index (χ4n) is 2.15. The monoisotopic (exact) mass is 272 g/mol. The van der Waals surface area contributed by atoms with E-state index in [0.29, 0.717) is 5.56 Å². The number of nitrogens with zero attached hydrogens (tertiary/aromatic N) is 2. The lowest BCUT2D eigenvalue weighted by molar-refractivity contribution is 0.247. The Morgan fingerprint density at radius 2 is 1.85 bits per heavy atom. The van der Waals surface area contributed by atoms with Crippen molar-refractivity contribution in [2.45, 2.75) is 18.4 Å². The van der Waals surface area contributed by atoms with Crippen molar-refractivity contribution < 1.29 is 9.18 Å². The lowest BCUT2D eigenvalue weighted by atomic mass is 10.0. The molecule has 1 fully saturated rings. The summed E-state index contributed by atoms with van der Waals surface area (Å²) in [7, 11) is 0. The number of anilines is 1. The number of carbonyl (C=O) groups is 1. The van der Waals surface area contributed by atoms with E-state index in [1.54, 1.807) is 24.3 Å². The van der Waals surface area contributed by atoms with Gasteiger partial charge in [0.2, 0.25) is 5.95 Å². The van der Waals surface area contributed by atoms with Gasteiger partial charge < -0.3 is 5.32 Å². The summed E-state index contributed by atoms with van der Waals surface area (Å²) in [6, 6.07) is 7.71. The van der Waals surface area contributed by atoms with Crippen LogP contribution in [0.2, 0.25) is 0 Å². The molecule has 1 saturated carbocycles. The van der Waals surface area contributed by atoms with E-state index in [-0.39, 0.29) is 11.8 Å². The summed E-state index contributed by atoms with van der Waals surface area (Å²) in [5, 5.41) is 5.34. The molecular weight excluding hydrogens is 259 g/mol. The van der Waals surface area contributed by atoms with Crippen molar-refractivity contribution in [3.05, 3.63) is 54.1 Å². The number of amides is 2. The Morgan fingerprint density at radius 1 is 1.15 bits per heavy atom. The number of nitrogens with one attached hydrogen (secondary N) is 2. The first-order chi connectivity index (χ1) is 9.70. The van der Waals surface area contributed by atoms with E-state index in [1.807, 2.05) is 0 Å². The van der Waals surface area contributed by atoms with Crippen LogP contribution in [0, 0.1) is 5.82 Å². The van der Waals surface area contributed by atoms with Gasteiger partial charge in [-0.05, 0) is 25.0 Å². The first-order valence-electron chi connectivity index (χ1n) is 6.31. The number of urea groups is 1. The summed E-state index contributed by atoms with van der Waals surface area (Å²) in [4.78, 5) is 19.7. The van der Waals surface area contributed by atoms with Crippen molar-refractivity contribution in [1.82, 2.24) is 15.3 Å². The zero-order valence-electron chi connectivity index (χ0n) is 10.6. The Bertz CT molecular complexity index is 628. The second-order valence-electron chi connectivity index (χ2n) is 4.71. The molecule has 1 aliphatic rings. The molecular formula is C14H13FN4O. The molecule has 0 aliphatic heterocycles. The number of hydrogen-bond donors (Lipinski definition) is 2. The lowest BCUT2D eigenvalue weighted by Crippen LogP contribution is -2.38. The van der Waals surface area contributed by atoms with Crippen LogP contribution >= 0.6 is 0 Å². The molecule has 5 nitrogen and oxygen atoms in total. The quantitative estimate of drug-likeness (QED) is 0.901. The molecule has 20 heavy (non-hydrogen) atoms. The van der Waals surface area contributed by atoms with Crippen LogP contribution in [0.1, 0.15) is 18.4 Å². The molecule has 102 valence electrons. The van der Waals surface area contributed by atoms with E-state index in [2.05, 4.69) is 20.6 Å². The van der Waals surface area contributed by atoms with E-state index < -0.39 is 11.6 Å². The summed E-state index contributed by atoms with van der Waals surface area (Å²) in [6.45, 7) is 0. The minimum Gasteiger partial charge on any atom is -0.328 e. The van der Waals surface area contributed by atoms with E-state index in [1.165, 1.54) is 18.5 Å². The number of benzene rings is 1. The number of halogens is 1. The van der Waals surface area contributed by atoms with Gasteiger partial charge in [0.25, 0.3) is 0 Å². The third-order valence-electron chi connectivity index (χ3n) is 3.28. The summed E-state index contributed by atoms with van der Waals surface area (Å²) in [5.74, 6) is -0.0874. The van der Waals surface area contributed by atoms with Crippen molar-refractivity contribution in [3.8, 4) is 0 Å². The maximum atomic E-state index is 13.8. The highest BCUT2D eigenvalue weighted by Crippen LogP contribution is 2.46. The van der Waals surface area contributed by atoms with Crippen LogP contribution in [0.3, 0.4) is 0 Å². The van der Waals surface area contributed by atoms with E-state index in [4.69, 9.17) is 0 Å². The average Bonchev–Trinajstić information content (AvgIpc) is 3.20. The van der Waals surface area contributed by atoms with Crippen molar-refractivity contribution in [2.24, 2.45) is 0 Å². The smallest absolute Gasteiger partial charge is 0.322 e. The molecule has 0 bridgehead atoms. The van der Waals surface area contributed by atoms with Crippen molar-refractivity contribution in [2.75, 3.05) is 5.32 Å². The van der Waals surface area contributed by atoms with Gasteiger partial charge in [0, 0.05) is 18.0 Å². The predicted molar refractivity (Wildman–Crippen MR) is 71.5 cm³/mol. The summed E-state index contributed by atoms with van der Waals surface area (Å²) >= 11 is 0. The molecule has 1 heterocycles. The molecule has 0 unspecified atom stereocenters. The van der Waals surface area contributed by atoms with Gasteiger partial charge in [0.1, 0.15) is 5.82 Å². The Morgan fingerprint density at radius 3 is 2.50 bits per heavy atom. The van der Waals surface area contributed by atoms with Crippen LogP contribution in [0.4, 0.5) is 15.1 Å². The van der Waals surface area contributed by atoms with Crippen molar-refractivity contribution in [3.63, 3.8) is 0 Å². The van der Waals surface area contributed by atoms with Gasteiger partial charge >= 0.3 is 6.03 Å². The van der Waals surface area contributed by atoms with Gasteiger partial charge in [0.15, 0.2) is 0 Å². The largest absolute Gasteiger partial charge is 0.328 e. The van der Waals surface area contributed by atoms with Crippen LogP contribution in [0.15, 0.2) is 42.7 Å². The minimum atomic E-state index is -0.607. The minimum absolute atomic E-state index is 0.217. The van der Waals surface area contributed by atoms with E-state index >= 15 is 0 Å². The Balaban J connectivity index is 1.72.